The number of benzene rings is 2. The lowest BCUT2D eigenvalue weighted by Crippen LogP contribution is -2.16. The number of amides is 1. The number of ether oxygens (including phenoxy) is 1. The molecule has 0 aliphatic carbocycles. The van der Waals surface area contributed by atoms with Crippen molar-refractivity contribution in [3.05, 3.63) is 71.0 Å². The van der Waals surface area contributed by atoms with Crippen LogP contribution >= 0.6 is 11.6 Å². The first-order valence-corrected chi connectivity index (χ1v) is 8.25. The van der Waals surface area contributed by atoms with Gasteiger partial charge < -0.3 is 15.4 Å². The van der Waals surface area contributed by atoms with Crippen LogP contribution in [-0.2, 0) is 0 Å². The van der Waals surface area contributed by atoms with Crippen LogP contribution in [0, 0.1) is 6.92 Å². The van der Waals surface area contributed by atoms with Crippen LogP contribution in [0.5, 0.6) is 5.75 Å². The second-order valence-electron chi connectivity index (χ2n) is 5.51. The van der Waals surface area contributed by atoms with Crippen molar-refractivity contribution < 1.29 is 9.53 Å². The van der Waals surface area contributed by atoms with Crippen molar-refractivity contribution in [2.24, 2.45) is 0 Å². The molecule has 0 saturated carbocycles. The Hall–Kier alpha value is -3.12. The molecule has 0 spiro atoms. The molecule has 132 valence electrons. The molecular weight excluding hydrogens is 352 g/mol. The number of nitrogens with one attached hydrogen (secondary N) is 2. The minimum absolute atomic E-state index is 0.243. The highest BCUT2D eigenvalue weighted by atomic mass is 35.5. The number of carbonyl (C=O) groups excluding carboxylic acids is 1. The second-order valence-corrected chi connectivity index (χ2v) is 5.94. The van der Waals surface area contributed by atoms with Crippen LogP contribution in [0.15, 0.2) is 54.6 Å². The summed E-state index contributed by atoms with van der Waals surface area (Å²) in [5.41, 5.74) is 2.21. The third-order valence-electron chi connectivity index (χ3n) is 3.52. The number of hydrogen-bond donors (Lipinski definition) is 2. The van der Waals surface area contributed by atoms with E-state index in [0.717, 1.165) is 5.69 Å². The van der Waals surface area contributed by atoms with Gasteiger partial charge in [0.15, 0.2) is 0 Å². The van der Waals surface area contributed by atoms with E-state index in [1.165, 1.54) is 0 Å². The normalized spacial score (nSPS) is 10.3. The Balaban J connectivity index is 1.83. The number of nitrogens with zero attached hydrogens (tertiary/aromatic N) is 2. The predicted molar refractivity (Wildman–Crippen MR) is 102 cm³/mol. The van der Waals surface area contributed by atoms with Gasteiger partial charge in [-0.15, -0.1) is 0 Å². The Labute approximate surface area is 156 Å². The summed E-state index contributed by atoms with van der Waals surface area (Å²) in [6.45, 7) is 1.80. The maximum atomic E-state index is 12.6. The molecule has 2 N–H and O–H groups in total. The summed E-state index contributed by atoms with van der Waals surface area (Å²) in [5.74, 6) is 0.537. The van der Waals surface area contributed by atoms with Gasteiger partial charge in [0.1, 0.15) is 11.4 Å². The largest absolute Gasteiger partial charge is 0.495 e. The molecule has 3 aromatic rings. The lowest BCUT2D eigenvalue weighted by molar-refractivity contribution is 0.102. The highest BCUT2D eigenvalue weighted by Gasteiger charge is 2.13. The van der Waals surface area contributed by atoms with Crippen molar-refractivity contribution in [1.82, 2.24) is 9.97 Å². The van der Waals surface area contributed by atoms with E-state index in [2.05, 4.69) is 20.6 Å². The summed E-state index contributed by atoms with van der Waals surface area (Å²) in [6, 6.07) is 16.0. The molecule has 2 aromatic carbocycles. The Bertz CT molecular complexity index is 946. The molecule has 7 heteroatoms. The van der Waals surface area contributed by atoms with Crippen molar-refractivity contribution in [2.45, 2.75) is 6.92 Å². The quantitative estimate of drug-likeness (QED) is 0.696. The number of hydrogen-bond acceptors (Lipinski definition) is 5. The van der Waals surface area contributed by atoms with Gasteiger partial charge in [-0.05, 0) is 43.3 Å². The van der Waals surface area contributed by atoms with Crippen molar-refractivity contribution in [3.8, 4) is 5.75 Å². The number of halogens is 1. The van der Waals surface area contributed by atoms with E-state index in [-0.39, 0.29) is 11.6 Å². The number of aromatic nitrogens is 2. The van der Waals surface area contributed by atoms with Crippen LogP contribution < -0.4 is 15.4 Å². The van der Waals surface area contributed by atoms with Crippen LogP contribution in [-0.4, -0.2) is 23.0 Å². The van der Waals surface area contributed by atoms with Crippen LogP contribution in [0.4, 0.5) is 17.3 Å². The summed E-state index contributed by atoms with van der Waals surface area (Å²) in [4.78, 5) is 21.2. The fraction of sp³-hybridized carbons (Fsp3) is 0.105. The predicted octanol–water partition coefficient (Wildman–Crippen LogP) is 4.44. The average Bonchev–Trinajstić information content (AvgIpc) is 2.61. The number of aryl methyl sites for hydroxylation is 1. The summed E-state index contributed by atoms with van der Waals surface area (Å²) in [7, 11) is 1.55. The van der Waals surface area contributed by atoms with Gasteiger partial charge in [0.2, 0.25) is 5.95 Å². The molecule has 0 saturated heterocycles. The third-order valence-corrected chi connectivity index (χ3v) is 3.76. The molecule has 1 aromatic heterocycles. The van der Waals surface area contributed by atoms with Gasteiger partial charge in [-0.2, -0.15) is 0 Å². The molecule has 0 aliphatic rings. The molecular formula is C19H17ClN4O2. The van der Waals surface area contributed by atoms with E-state index in [1.807, 2.05) is 24.3 Å². The van der Waals surface area contributed by atoms with Crippen molar-refractivity contribution in [2.75, 3.05) is 17.7 Å². The molecule has 0 atom stereocenters. The zero-order valence-corrected chi connectivity index (χ0v) is 15.0. The monoisotopic (exact) mass is 368 g/mol. The Morgan fingerprint density at radius 1 is 1.08 bits per heavy atom. The molecule has 3 rings (SSSR count). The van der Waals surface area contributed by atoms with E-state index in [1.54, 1.807) is 44.4 Å². The van der Waals surface area contributed by atoms with E-state index in [9.17, 15) is 4.79 Å². The SMILES string of the molecule is COc1ccccc1NC(=O)c1cc(C)nc(Nc2cccc(Cl)c2)n1. The summed E-state index contributed by atoms with van der Waals surface area (Å²) in [6.07, 6.45) is 0. The Morgan fingerprint density at radius 3 is 2.65 bits per heavy atom. The first kappa shape index (κ1) is 17.7. The van der Waals surface area contributed by atoms with Gasteiger partial charge in [-0.3, -0.25) is 4.79 Å². The first-order valence-electron chi connectivity index (χ1n) is 7.88. The van der Waals surface area contributed by atoms with Gasteiger partial charge in [0, 0.05) is 16.4 Å². The minimum Gasteiger partial charge on any atom is -0.495 e. The number of para-hydroxylation sites is 2. The zero-order chi connectivity index (χ0) is 18.5. The highest BCUT2D eigenvalue weighted by Crippen LogP contribution is 2.24. The average molecular weight is 369 g/mol. The van der Waals surface area contributed by atoms with Gasteiger partial charge in [0.25, 0.3) is 5.91 Å². The lowest BCUT2D eigenvalue weighted by Gasteiger charge is -2.11. The summed E-state index contributed by atoms with van der Waals surface area (Å²) in [5, 5.41) is 6.45. The molecule has 0 aliphatic heterocycles. The standard InChI is InChI=1S/C19H17ClN4O2/c1-12-10-16(18(25)23-15-8-3-4-9-17(15)26-2)24-19(21-12)22-14-7-5-6-13(20)11-14/h3-11H,1-2H3,(H,23,25)(H,21,22,24). The summed E-state index contributed by atoms with van der Waals surface area (Å²) >= 11 is 5.99. The van der Waals surface area contributed by atoms with Crippen molar-refractivity contribution in [3.63, 3.8) is 0 Å². The maximum absolute atomic E-state index is 12.6. The van der Waals surface area contributed by atoms with Crippen LogP contribution in [0.1, 0.15) is 16.2 Å². The van der Waals surface area contributed by atoms with Crippen LogP contribution in [0.2, 0.25) is 5.02 Å². The minimum atomic E-state index is -0.353. The molecule has 6 nitrogen and oxygen atoms in total. The van der Waals surface area contributed by atoms with E-state index in [4.69, 9.17) is 16.3 Å². The second kappa shape index (κ2) is 7.84. The number of methoxy groups -OCH3 is 1. The molecule has 0 bridgehead atoms. The van der Waals surface area contributed by atoms with Gasteiger partial charge in [0.05, 0.1) is 12.8 Å². The summed E-state index contributed by atoms with van der Waals surface area (Å²) < 4.78 is 5.25. The highest BCUT2D eigenvalue weighted by molar-refractivity contribution is 6.30. The Kier molecular flexibility index (Phi) is 5.34. The van der Waals surface area contributed by atoms with Gasteiger partial charge >= 0.3 is 0 Å². The molecule has 26 heavy (non-hydrogen) atoms. The fourth-order valence-electron chi connectivity index (χ4n) is 2.37. The molecule has 0 radical (unpaired) electrons. The maximum Gasteiger partial charge on any atom is 0.274 e. The van der Waals surface area contributed by atoms with Crippen molar-refractivity contribution in [1.29, 1.82) is 0 Å². The topological polar surface area (TPSA) is 76.1 Å². The number of carbonyl (C=O) groups is 1. The third kappa shape index (κ3) is 4.29. The Morgan fingerprint density at radius 2 is 1.88 bits per heavy atom. The van der Waals surface area contributed by atoms with E-state index < -0.39 is 0 Å². The lowest BCUT2D eigenvalue weighted by atomic mass is 10.2. The molecule has 1 heterocycles. The molecule has 0 unspecified atom stereocenters. The molecule has 0 fully saturated rings. The van der Waals surface area contributed by atoms with E-state index >= 15 is 0 Å². The number of anilines is 3. The fourth-order valence-corrected chi connectivity index (χ4v) is 2.56. The van der Waals surface area contributed by atoms with E-state index in [0.29, 0.717) is 28.1 Å². The van der Waals surface area contributed by atoms with Gasteiger partial charge in [-0.25, -0.2) is 9.97 Å². The van der Waals surface area contributed by atoms with Crippen LogP contribution in [0.25, 0.3) is 0 Å². The first-order chi connectivity index (χ1) is 12.5. The van der Waals surface area contributed by atoms with Gasteiger partial charge in [-0.1, -0.05) is 29.8 Å². The van der Waals surface area contributed by atoms with Crippen LogP contribution in [0.3, 0.4) is 0 Å². The molecule has 1 amide bonds. The van der Waals surface area contributed by atoms with Crippen molar-refractivity contribution >= 4 is 34.8 Å². The zero-order valence-electron chi connectivity index (χ0n) is 14.3. The number of rotatable bonds is 5. The smallest absolute Gasteiger partial charge is 0.274 e.